The van der Waals surface area contributed by atoms with E-state index in [1.54, 1.807) is 19.2 Å². The SMILES string of the molecule is COC(=O)C1=C(CN2CCN(c3ccc(OC)cc3)CC2)NC(=O)N[C@@H]1c1ccc(F)cc1. The van der Waals surface area contributed by atoms with Crippen LogP contribution in [-0.2, 0) is 9.53 Å². The third-order valence-electron chi connectivity index (χ3n) is 5.95. The normalized spacial score (nSPS) is 19.1. The number of nitrogens with one attached hydrogen (secondary N) is 2. The maximum Gasteiger partial charge on any atom is 0.338 e. The minimum Gasteiger partial charge on any atom is -0.497 e. The van der Waals surface area contributed by atoms with E-state index in [1.165, 1.54) is 19.2 Å². The highest BCUT2D eigenvalue weighted by molar-refractivity contribution is 5.95. The summed E-state index contributed by atoms with van der Waals surface area (Å²) in [5.41, 5.74) is 2.55. The summed E-state index contributed by atoms with van der Waals surface area (Å²) in [6, 6.07) is 12.5. The summed E-state index contributed by atoms with van der Waals surface area (Å²) >= 11 is 0. The van der Waals surface area contributed by atoms with Crippen molar-refractivity contribution in [2.45, 2.75) is 6.04 Å². The van der Waals surface area contributed by atoms with Gasteiger partial charge in [-0.15, -0.1) is 0 Å². The number of nitrogens with zero attached hydrogens (tertiary/aromatic N) is 2. The molecular formula is C24H27FN4O4. The van der Waals surface area contributed by atoms with Gasteiger partial charge in [0, 0.05) is 44.1 Å². The van der Waals surface area contributed by atoms with Crippen molar-refractivity contribution in [3.63, 3.8) is 0 Å². The number of urea groups is 1. The molecule has 1 atom stereocenters. The van der Waals surface area contributed by atoms with E-state index in [1.807, 2.05) is 24.3 Å². The van der Waals surface area contributed by atoms with E-state index in [2.05, 4.69) is 20.4 Å². The van der Waals surface area contributed by atoms with Crippen LogP contribution in [0.3, 0.4) is 0 Å². The molecule has 2 heterocycles. The van der Waals surface area contributed by atoms with Crippen LogP contribution in [0.1, 0.15) is 11.6 Å². The number of hydrogen-bond donors (Lipinski definition) is 2. The summed E-state index contributed by atoms with van der Waals surface area (Å²) in [6.07, 6.45) is 0. The van der Waals surface area contributed by atoms with E-state index in [4.69, 9.17) is 9.47 Å². The summed E-state index contributed by atoms with van der Waals surface area (Å²) in [6.45, 7) is 3.52. The molecule has 0 aliphatic carbocycles. The average molecular weight is 455 g/mol. The number of carbonyl (C=O) groups is 2. The molecule has 33 heavy (non-hydrogen) atoms. The first-order valence-electron chi connectivity index (χ1n) is 10.7. The molecule has 0 radical (unpaired) electrons. The van der Waals surface area contributed by atoms with Gasteiger partial charge in [-0.1, -0.05) is 12.1 Å². The molecule has 174 valence electrons. The zero-order valence-electron chi connectivity index (χ0n) is 18.6. The fourth-order valence-corrected chi connectivity index (χ4v) is 4.18. The Morgan fingerprint density at radius 2 is 1.70 bits per heavy atom. The lowest BCUT2D eigenvalue weighted by Gasteiger charge is -2.38. The molecule has 2 aliphatic rings. The third kappa shape index (κ3) is 5.09. The summed E-state index contributed by atoms with van der Waals surface area (Å²) in [7, 11) is 2.95. The zero-order chi connectivity index (χ0) is 23.4. The first-order chi connectivity index (χ1) is 16.0. The number of anilines is 1. The van der Waals surface area contributed by atoms with Gasteiger partial charge in [0.1, 0.15) is 11.6 Å². The van der Waals surface area contributed by atoms with Crippen molar-refractivity contribution in [1.29, 1.82) is 0 Å². The summed E-state index contributed by atoms with van der Waals surface area (Å²) in [5.74, 6) is -0.113. The van der Waals surface area contributed by atoms with E-state index in [9.17, 15) is 14.0 Å². The predicted molar refractivity (Wildman–Crippen MR) is 121 cm³/mol. The van der Waals surface area contributed by atoms with Gasteiger partial charge in [0.05, 0.1) is 25.8 Å². The Balaban J connectivity index is 1.51. The van der Waals surface area contributed by atoms with Crippen molar-refractivity contribution in [2.24, 2.45) is 0 Å². The molecule has 2 amide bonds. The van der Waals surface area contributed by atoms with Crippen LogP contribution in [-0.4, -0.2) is 63.8 Å². The first kappa shape index (κ1) is 22.6. The second kappa shape index (κ2) is 9.91. The van der Waals surface area contributed by atoms with Gasteiger partial charge < -0.3 is 25.0 Å². The van der Waals surface area contributed by atoms with Crippen LogP contribution < -0.4 is 20.3 Å². The molecule has 9 heteroatoms. The summed E-state index contributed by atoms with van der Waals surface area (Å²) in [5, 5.41) is 5.54. The van der Waals surface area contributed by atoms with Crippen LogP contribution in [0.4, 0.5) is 14.9 Å². The molecule has 2 aromatic rings. The molecule has 0 unspecified atom stereocenters. The number of piperazine rings is 1. The first-order valence-corrected chi connectivity index (χ1v) is 10.7. The number of esters is 1. The van der Waals surface area contributed by atoms with Crippen molar-refractivity contribution in [3.05, 3.63) is 71.2 Å². The number of methoxy groups -OCH3 is 2. The lowest BCUT2D eigenvalue weighted by atomic mass is 9.95. The number of ether oxygens (including phenoxy) is 2. The van der Waals surface area contributed by atoms with Gasteiger partial charge in [-0.2, -0.15) is 0 Å². The lowest BCUT2D eigenvalue weighted by Crippen LogP contribution is -2.51. The largest absolute Gasteiger partial charge is 0.497 e. The Hall–Kier alpha value is -3.59. The second-order valence-corrected chi connectivity index (χ2v) is 7.93. The highest BCUT2D eigenvalue weighted by Crippen LogP contribution is 2.28. The lowest BCUT2D eigenvalue weighted by molar-refractivity contribution is -0.136. The number of halogens is 1. The van der Waals surface area contributed by atoms with Gasteiger partial charge in [-0.3, -0.25) is 4.90 Å². The Kier molecular flexibility index (Phi) is 6.79. The molecule has 0 aromatic heterocycles. The minimum absolute atomic E-state index is 0.321. The molecule has 0 spiro atoms. The Labute approximate surface area is 192 Å². The quantitative estimate of drug-likeness (QED) is 0.653. The standard InChI is InChI=1S/C24H27FN4O4/c1-32-19-9-7-18(8-10-19)29-13-11-28(12-14-29)15-20-21(23(30)33-2)22(27-24(31)26-20)16-3-5-17(25)6-4-16/h3-10,22H,11-15H2,1-2H3,(H2,26,27,31)/t22-/m1/s1. The van der Waals surface area contributed by atoms with Crippen LogP contribution in [0.15, 0.2) is 59.8 Å². The Morgan fingerprint density at radius 1 is 1.03 bits per heavy atom. The fourth-order valence-electron chi connectivity index (χ4n) is 4.18. The van der Waals surface area contributed by atoms with Gasteiger partial charge in [0.25, 0.3) is 0 Å². The summed E-state index contributed by atoms with van der Waals surface area (Å²) in [4.78, 5) is 29.5. The molecular weight excluding hydrogens is 427 g/mol. The number of rotatable bonds is 6. The average Bonchev–Trinajstić information content (AvgIpc) is 2.84. The zero-order valence-corrected chi connectivity index (χ0v) is 18.6. The van der Waals surface area contributed by atoms with E-state index in [0.717, 1.165) is 37.6 Å². The van der Waals surface area contributed by atoms with Gasteiger partial charge in [-0.25, -0.2) is 14.0 Å². The number of carbonyl (C=O) groups excluding carboxylic acids is 2. The Morgan fingerprint density at radius 3 is 2.30 bits per heavy atom. The Bertz CT molecular complexity index is 1030. The van der Waals surface area contributed by atoms with Crippen molar-refractivity contribution < 1.29 is 23.5 Å². The van der Waals surface area contributed by atoms with Crippen LogP contribution in [0.25, 0.3) is 0 Å². The molecule has 1 saturated heterocycles. The van der Waals surface area contributed by atoms with Crippen molar-refractivity contribution in [1.82, 2.24) is 15.5 Å². The minimum atomic E-state index is -0.720. The monoisotopic (exact) mass is 454 g/mol. The van der Waals surface area contributed by atoms with Crippen LogP contribution in [0.5, 0.6) is 5.75 Å². The van der Waals surface area contributed by atoms with E-state index < -0.39 is 23.9 Å². The fraction of sp³-hybridized carbons (Fsp3) is 0.333. The smallest absolute Gasteiger partial charge is 0.338 e. The van der Waals surface area contributed by atoms with Crippen LogP contribution >= 0.6 is 0 Å². The predicted octanol–water partition coefficient (Wildman–Crippen LogP) is 2.44. The van der Waals surface area contributed by atoms with E-state index in [-0.39, 0.29) is 0 Å². The summed E-state index contributed by atoms with van der Waals surface area (Å²) < 4.78 is 23.6. The number of hydrogen-bond acceptors (Lipinski definition) is 6. The molecule has 2 N–H and O–H groups in total. The molecule has 0 bridgehead atoms. The van der Waals surface area contributed by atoms with Crippen molar-refractivity contribution in [3.8, 4) is 5.75 Å². The van der Waals surface area contributed by atoms with Crippen molar-refractivity contribution >= 4 is 17.7 Å². The maximum absolute atomic E-state index is 13.4. The number of benzene rings is 2. The molecule has 2 aliphatic heterocycles. The number of amides is 2. The molecule has 1 fully saturated rings. The highest BCUT2D eigenvalue weighted by atomic mass is 19.1. The topological polar surface area (TPSA) is 83.1 Å². The van der Waals surface area contributed by atoms with Crippen molar-refractivity contribution in [2.75, 3.05) is 51.8 Å². The van der Waals surface area contributed by atoms with Gasteiger partial charge in [-0.05, 0) is 42.0 Å². The highest BCUT2D eigenvalue weighted by Gasteiger charge is 2.34. The van der Waals surface area contributed by atoms with Crippen LogP contribution in [0.2, 0.25) is 0 Å². The van der Waals surface area contributed by atoms with Gasteiger partial charge in [0.15, 0.2) is 0 Å². The van der Waals surface area contributed by atoms with E-state index >= 15 is 0 Å². The third-order valence-corrected chi connectivity index (χ3v) is 5.95. The maximum atomic E-state index is 13.4. The van der Waals surface area contributed by atoms with Gasteiger partial charge >= 0.3 is 12.0 Å². The molecule has 4 rings (SSSR count). The molecule has 0 saturated carbocycles. The second-order valence-electron chi connectivity index (χ2n) is 7.93. The van der Waals surface area contributed by atoms with Gasteiger partial charge in [0.2, 0.25) is 0 Å². The molecule has 8 nitrogen and oxygen atoms in total. The van der Waals surface area contributed by atoms with E-state index in [0.29, 0.717) is 23.4 Å². The molecule has 2 aromatic carbocycles. The van der Waals surface area contributed by atoms with Crippen LogP contribution in [0, 0.1) is 5.82 Å².